The molecule has 0 spiro atoms. The Kier molecular flexibility index (Phi) is 6.46. The maximum absolute atomic E-state index is 14.1. The molecule has 7 rings (SSSR count). The van der Waals surface area contributed by atoms with Crippen molar-refractivity contribution < 1.29 is 24.3 Å². The van der Waals surface area contributed by atoms with Crippen LogP contribution in [-0.4, -0.2) is 28.7 Å². The minimum absolute atomic E-state index is 0.0304. The van der Waals surface area contributed by atoms with Gasteiger partial charge in [0.05, 0.1) is 35.0 Å². The number of amides is 4. The van der Waals surface area contributed by atoms with Gasteiger partial charge in [-0.15, -0.1) is 0 Å². The molecular formula is C32H23Cl3N2O5. The summed E-state index contributed by atoms with van der Waals surface area (Å²) in [4.78, 5) is 58.1. The van der Waals surface area contributed by atoms with E-state index in [9.17, 15) is 24.3 Å². The highest BCUT2D eigenvalue weighted by Crippen LogP contribution is 2.59. The molecule has 2 heterocycles. The summed E-state index contributed by atoms with van der Waals surface area (Å²) in [5.41, 5.74) is 2.26. The Morgan fingerprint density at radius 1 is 0.643 bits per heavy atom. The van der Waals surface area contributed by atoms with Crippen molar-refractivity contribution in [2.24, 2.45) is 29.6 Å². The van der Waals surface area contributed by atoms with Crippen LogP contribution in [0.2, 0.25) is 15.1 Å². The van der Waals surface area contributed by atoms with Gasteiger partial charge in [0.1, 0.15) is 5.75 Å². The Hall–Kier alpha value is -3.65. The van der Waals surface area contributed by atoms with Gasteiger partial charge in [-0.25, -0.2) is 0 Å². The predicted molar refractivity (Wildman–Crippen MR) is 159 cm³/mol. The fraction of sp³-hybridized carbons (Fsp3) is 0.250. The highest BCUT2D eigenvalue weighted by Gasteiger charge is 2.62. The van der Waals surface area contributed by atoms with E-state index in [1.165, 1.54) is 21.9 Å². The number of hydrogen-bond acceptors (Lipinski definition) is 5. The maximum atomic E-state index is 14.1. The first-order chi connectivity index (χ1) is 20.2. The van der Waals surface area contributed by atoms with Crippen LogP contribution in [0.1, 0.15) is 24.3 Å². The minimum atomic E-state index is -0.770. The number of benzene rings is 3. The van der Waals surface area contributed by atoms with E-state index in [1.54, 1.807) is 54.6 Å². The van der Waals surface area contributed by atoms with E-state index in [2.05, 4.69) is 0 Å². The van der Waals surface area contributed by atoms with Gasteiger partial charge in [0.25, 0.3) is 0 Å². The van der Waals surface area contributed by atoms with Crippen LogP contribution in [0.3, 0.4) is 0 Å². The first-order valence-electron chi connectivity index (χ1n) is 13.6. The second kappa shape index (κ2) is 9.97. The number of fused-ring (bicyclic) bond motifs is 4. The largest absolute Gasteiger partial charge is 0.508 e. The predicted octanol–water partition coefficient (Wildman–Crippen LogP) is 6.40. The van der Waals surface area contributed by atoms with E-state index < -0.39 is 35.5 Å². The lowest BCUT2D eigenvalue weighted by Gasteiger charge is -2.44. The third kappa shape index (κ3) is 4.02. The molecule has 3 aromatic rings. The summed E-state index contributed by atoms with van der Waals surface area (Å²) in [5.74, 6) is -5.25. The molecule has 2 saturated heterocycles. The van der Waals surface area contributed by atoms with Crippen LogP contribution in [0.4, 0.5) is 11.4 Å². The lowest BCUT2D eigenvalue weighted by molar-refractivity contribution is -0.126. The van der Waals surface area contributed by atoms with Gasteiger partial charge in [-0.2, -0.15) is 0 Å². The van der Waals surface area contributed by atoms with Crippen molar-refractivity contribution in [2.45, 2.75) is 18.8 Å². The van der Waals surface area contributed by atoms with Gasteiger partial charge < -0.3 is 5.11 Å². The quantitative estimate of drug-likeness (QED) is 0.270. The molecule has 3 fully saturated rings. The van der Waals surface area contributed by atoms with Crippen LogP contribution in [0, 0.1) is 29.6 Å². The van der Waals surface area contributed by atoms with Crippen molar-refractivity contribution in [3.63, 3.8) is 0 Å². The first kappa shape index (κ1) is 27.2. The van der Waals surface area contributed by atoms with Crippen molar-refractivity contribution in [2.75, 3.05) is 9.80 Å². The number of halogens is 3. The van der Waals surface area contributed by atoms with E-state index in [1.807, 2.05) is 6.08 Å². The van der Waals surface area contributed by atoms with Gasteiger partial charge in [-0.05, 0) is 85.0 Å². The average Bonchev–Trinajstić information content (AvgIpc) is 3.37. The highest BCUT2D eigenvalue weighted by atomic mass is 35.5. The molecule has 3 aromatic carbocycles. The van der Waals surface area contributed by atoms with Gasteiger partial charge >= 0.3 is 0 Å². The SMILES string of the molecule is O=C1C2CC=C3C(CC4C(=O)N(c5ccc(Cl)cc5)C(=O)C4C3c3ccc(O)cc3Cl)C2C(=O)N1c1ccc(Cl)cc1. The fourth-order valence-corrected chi connectivity index (χ4v) is 7.94. The highest BCUT2D eigenvalue weighted by molar-refractivity contribution is 6.32. The van der Waals surface area contributed by atoms with E-state index in [0.717, 1.165) is 5.57 Å². The number of imide groups is 2. The van der Waals surface area contributed by atoms with Crippen LogP contribution in [0.25, 0.3) is 0 Å². The molecule has 10 heteroatoms. The Morgan fingerprint density at radius 3 is 1.76 bits per heavy atom. The van der Waals surface area contributed by atoms with Crippen molar-refractivity contribution in [3.8, 4) is 5.75 Å². The number of hydrogen-bond donors (Lipinski definition) is 1. The minimum Gasteiger partial charge on any atom is -0.508 e. The third-order valence-electron chi connectivity index (χ3n) is 9.14. The molecule has 4 aliphatic rings. The number of carbonyl (C=O) groups is 4. The molecule has 7 nitrogen and oxygen atoms in total. The molecule has 212 valence electrons. The fourth-order valence-electron chi connectivity index (χ4n) is 7.39. The Labute approximate surface area is 256 Å². The molecule has 6 unspecified atom stereocenters. The summed E-state index contributed by atoms with van der Waals surface area (Å²) in [6.07, 6.45) is 2.51. The summed E-state index contributed by atoms with van der Waals surface area (Å²) >= 11 is 18.8. The van der Waals surface area contributed by atoms with E-state index in [0.29, 0.717) is 33.4 Å². The van der Waals surface area contributed by atoms with Crippen molar-refractivity contribution in [3.05, 3.63) is 99.0 Å². The number of nitrogens with zero attached hydrogens (tertiary/aromatic N) is 2. The van der Waals surface area contributed by atoms with Gasteiger partial charge in [-0.1, -0.05) is 52.5 Å². The summed E-state index contributed by atoms with van der Waals surface area (Å²) in [7, 11) is 0. The average molecular weight is 622 g/mol. The Balaban J connectivity index is 1.34. The maximum Gasteiger partial charge on any atom is 0.238 e. The van der Waals surface area contributed by atoms with Crippen LogP contribution in [-0.2, 0) is 19.2 Å². The molecule has 0 bridgehead atoms. The molecule has 2 aliphatic heterocycles. The van der Waals surface area contributed by atoms with Crippen molar-refractivity contribution >= 4 is 69.8 Å². The number of phenolic OH excluding ortho intramolecular Hbond substituents is 1. The number of aromatic hydroxyl groups is 1. The van der Waals surface area contributed by atoms with Crippen LogP contribution >= 0.6 is 34.8 Å². The lowest BCUT2D eigenvalue weighted by Crippen LogP contribution is -2.43. The van der Waals surface area contributed by atoms with E-state index >= 15 is 0 Å². The molecule has 6 atom stereocenters. The molecule has 4 amide bonds. The molecule has 42 heavy (non-hydrogen) atoms. The van der Waals surface area contributed by atoms with Gasteiger partial charge in [-0.3, -0.25) is 29.0 Å². The molecular weight excluding hydrogens is 599 g/mol. The first-order valence-corrected chi connectivity index (χ1v) is 14.7. The summed E-state index contributed by atoms with van der Waals surface area (Å²) in [5, 5.41) is 11.3. The normalized spacial score (nSPS) is 28.5. The Morgan fingerprint density at radius 2 is 1.19 bits per heavy atom. The molecule has 2 aliphatic carbocycles. The van der Waals surface area contributed by atoms with Crippen molar-refractivity contribution in [1.29, 1.82) is 0 Å². The standard InChI is InChI=1S/C32H23Cl3N2O5/c33-15-1-5-17(6-2-15)36-29(39)22-12-11-20-23(27(22)31(36)41)14-24-28(26(20)21-10-9-19(38)13-25(21)35)32(42)37(30(24)40)18-7-3-16(34)4-8-18/h1-11,13,22-24,26-28,38H,12,14H2. The summed E-state index contributed by atoms with van der Waals surface area (Å²) in [6.45, 7) is 0. The van der Waals surface area contributed by atoms with E-state index in [-0.39, 0.29) is 40.8 Å². The second-order valence-corrected chi connectivity index (χ2v) is 12.5. The zero-order valence-electron chi connectivity index (χ0n) is 21.9. The van der Waals surface area contributed by atoms with Gasteiger partial charge in [0, 0.05) is 21.0 Å². The summed E-state index contributed by atoms with van der Waals surface area (Å²) < 4.78 is 0. The number of allylic oxidation sites excluding steroid dienone is 2. The van der Waals surface area contributed by atoms with Crippen molar-refractivity contribution in [1.82, 2.24) is 0 Å². The zero-order valence-corrected chi connectivity index (χ0v) is 24.2. The molecule has 1 saturated carbocycles. The van der Waals surface area contributed by atoms with Crippen LogP contribution in [0.5, 0.6) is 5.75 Å². The topological polar surface area (TPSA) is 95.0 Å². The number of rotatable bonds is 3. The number of phenols is 1. The van der Waals surface area contributed by atoms with Gasteiger partial charge in [0.15, 0.2) is 0 Å². The monoisotopic (exact) mass is 620 g/mol. The smallest absolute Gasteiger partial charge is 0.238 e. The van der Waals surface area contributed by atoms with Crippen LogP contribution < -0.4 is 9.80 Å². The zero-order chi connectivity index (χ0) is 29.4. The number of carbonyl (C=O) groups excluding carboxylic acids is 4. The second-order valence-electron chi connectivity index (χ2n) is 11.2. The lowest BCUT2D eigenvalue weighted by atomic mass is 9.57. The molecule has 1 N–H and O–H groups in total. The summed E-state index contributed by atoms with van der Waals surface area (Å²) in [6, 6.07) is 17.6. The Bertz CT molecular complexity index is 1700. The third-order valence-corrected chi connectivity index (χ3v) is 9.97. The van der Waals surface area contributed by atoms with E-state index in [4.69, 9.17) is 34.8 Å². The van der Waals surface area contributed by atoms with Gasteiger partial charge in [0.2, 0.25) is 23.6 Å². The molecule has 0 aromatic heterocycles. The number of anilines is 2. The molecule has 0 radical (unpaired) electrons. The van der Waals surface area contributed by atoms with Crippen LogP contribution in [0.15, 0.2) is 78.4 Å².